The smallest absolute Gasteiger partial charge is 0.240 e. The van der Waals surface area contributed by atoms with Crippen molar-refractivity contribution >= 4 is 21.6 Å². The van der Waals surface area contributed by atoms with E-state index in [9.17, 15) is 8.42 Å². The van der Waals surface area contributed by atoms with Gasteiger partial charge in [-0.2, -0.15) is 5.10 Å². The van der Waals surface area contributed by atoms with Crippen molar-refractivity contribution in [1.29, 1.82) is 0 Å². The highest BCUT2D eigenvalue weighted by molar-refractivity contribution is 7.89. The van der Waals surface area contributed by atoms with Crippen LogP contribution in [0.5, 0.6) is 0 Å². The van der Waals surface area contributed by atoms with Gasteiger partial charge in [-0.05, 0) is 45.7 Å². The topological polar surface area (TPSA) is 64.0 Å². The molecule has 126 valence electrons. The number of aromatic nitrogens is 2. The second-order valence-electron chi connectivity index (χ2n) is 5.73. The van der Waals surface area contributed by atoms with Crippen molar-refractivity contribution in [1.82, 2.24) is 14.5 Å². The van der Waals surface area contributed by atoms with Gasteiger partial charge in [-0.3, -0.25) is 4.68 Å². The Labute approximate surface area is 142 Å². The number of halogens is 1. The molecule has 0 radical (unpaired) electrons. The lowest BCUT2D eigenvalue weighted by molar-refractivity contribution is 0.544. The third-order valence-electron chi connectivity index (χ3n) is 3.75. The van der Waals surface area contributed by atoms with E-state index in [1.807, 2.05) is 31.5 Å². The molecule has 1 aromatic heterocycles. The highest BCUT2D eigenvalue weighted by atomic mass is 35.5. The minimum Gasteiger partial charge on any atom is -0.268 e. The molecule has 23 heavy (non-hydrogen) atoms. The molecule has 1 heterocycles. The first-order valence-electron chi connectivity index (χ1n) is 7.49. The van der Waals surface area contributed by atoms with Gasteiger partial charge in [0, 0.05) is 13.1 Å². The van der Waals surface area contributed by atoms with Crippen molar-refractivity contribution in [3.05, 3.63) is 45.7 Å². The molecule has 0 saturated carbocycles. The molecule has 0 aliphatic heterocycles. The van der Waals surface area contributed by atoms with Crippen molar-refractivity contribution in [2.24, 2.45) is 0 Å². The molecule has 0 bridgehead atoms. The summed E-state index contributed by atoms with van der Waals surface area (Å²) in [7, 11) is -3.48. The maximum absolute atomic E-state index is 12.3. The third-order valence-corrected chi connectivity index (χ3v) is 5.92. The Kier molecular flexibility index (Phi) is 5.49. The molecule has 0 fully saturated rings. The zero-order valence-corrected chi connectivity index (χ0v) is 15.4. The number of hydrogen-bond acceptors (Lipinski definition) is 3. The average molecular weight is 356 g/mol. The summed E-state index contributed by atoms with van der Waals surface area (Å²) in [6.45, 7) is 8.48. The quantitative estimate of drug-likeness (QED) is 0.809. The van der Waals surface area contributed by atoms with Gasteiger partial charge in [-0.25, -0.2) is 13.1 Å². The number of benzene rings is 1. The van der Waals surface area contributed by atoms with Gasteiger partial charge in [0.1, 0.15) is 0 Å². The Bertz CT molecular complexity index is 813. The first-order valence-corrected chi connectivity index (χ1v) is 9.35. The van der Waals surface area contributed by atoms with E-state index < -0.39 is 10.0 Å². The summed E-state index contributed by atoms with van der Waals surface area (Å²) in [6, 6.07) is 5.32. The second-order valence-corrected chi connectivity index (χ2v) is 7.84. The molecule has 7 heteroatoms. The number of nitrogens with zero attached hydrogens (tertiary/aromatic N) is 2. The van der Waals surface area contributed by atoms with Crippen LogP contribution in [-0.4, -0.2) is 24.7 Å². The molecule has 2 aromatic rings. The van der Waals surface area contributed by atoms with E-state index in [4.69, 9.17) is 11.6 Å². The summed E-state index contributed by atoms with van der Waals surface area (Å²) >= 11 is 6.10. The van der Waals surface area contributed by atoms with Crippen LogP contribution in [0.25, 0.3) is 0 Å². The minimum absolute atomic E-state index is 0.331. The number of hydrogen-bond donors (Lipinski definition) is 1. The molecule has 0 aliphatic carbocycles. The van der Waals surface area contributed by atoms with Crippen LogP contribution in [0.3, 0.4) is 0 Å². The normalized spacial score (nSPS) is 11.9. The number of aryl methyl sites for hydroxylation is 4. The number of nitrogens with one attached hydrogen (secondary N) is 1. The van der Waals surface area contributed by atoms with Crippen molar-refractivity contribution in [2.75, 3.05) is 6.54 Å². The first-order chi connectivity index (χ1) is 10.7. The zero-order valence-electron chi connectivity index (χ0n) is 13.9. The Morgan fingerprint density at radius 2 is 1.91 bits per heavy atom. The van der Waals surface area contributed by atoms with Gasteiger partial charge in [0.05, 0.1) is 21.3 Å². The monoisotopic (exact) mass is 355 g/mol. The summed E-state index contributed by atoms with van der Waals surface area (Å²) < 4.78 is 29.1. The summed E-state index contributed by atoms with van der Waals surface area (Å²) in [5.74, 6) is 0. The molecule has 0 unspecified atom stereocenters. The molecule has 1 N–H and O–H groups in total. The molecule has 2 rings (SSSR count). The van der Waals surface area contributed by atoms with E-state index in [-0.39, 0.29) is 0 Å². The largest absolute Gasteiger partial charge is 0.268 e. The summed E-state index contributed by atoms with van der Waals surface area (Å²) in [5.41, 5.74) is 3.49. The van der Waals surface area contributed by atoms with E-state index >= 15 is 0 Å². The van der Waals surface area contributed by atoms with Crippen LogP contribution in [0.4, 0.5) is 0 Å². The minimum atomic E-state index is -3.48. The van der Waals surface area contributed by atoms with Crippen LogP contribution in [-0.2, 0) is 16.6 Å². The van der Waals surface area contributed by atoms with E-state index in [2.05, 4.69) is 9.82 Å². The average Bonchev–Trinajstić information content (AvgIpc) is 2.70. The zero-order chi connectivity index (χ0) is 17.2. The maximum Gasteiger partial charge on any atom is 0.240 e. The molecule has 0 saturated heterocycles. The molecular formula is C16H22ClN3O2S. The van der Waals surface area contributed by atoms with Crippen molar-refractivity contribution in [3.63, 3.8) is 0 Å². The third kappa shape index (κ3) is 4.13. The fourth-order valence-corrected chi connectivity index (χ4v) is 3.94. The molecule has 1 aromatic carbocycles. The van der Waals surface area contributed by atoms with Crippen molar-refractivity contribution < 1.29 is 8.42 Å². The van der Waals surface area contributed by atoms with E-state index in [1.165, 1.54) is 0 Å². The van der Waals surface area contributed by atoms with Gasteiger partial charge in [0.25, 0.3) is 0 Å². The molecule has 5 nitrogen and oxygen atoms in total. The first kappa shape index (κ1) is 18.0. The molecule has 0 atom stereocenters. The Hall–Kier alpha value is -1.37. The lowest BCUT2D eigenvalue weighted by Crippen LogP contribution is -2.26. The van der Waals surface area contributed by atoms with Gasteiger partial charge < -0.3 is 0 Å². The van der Waals surface area contributed by atoms with E-state index in [0.29, 0.717) is 29.4 Å². The predicted octanol–water partition coefficient (Wildman–Crippen LogP) is 3.14. The van der Waals surface area contributed by atoms with Crippen LogP contribution >= 0.6 is 11.6 Å². The summed E-state index contributed by atoms with van der Waals surface area (Å²) in [6.07, 6.45) is 0.641. The van der Waals surface area contributed by atoms with E-state index in [0.717, 1.165) is 22.5 Å². The fraction of sp³-hybridized carbons (Fsp3) is 0.438. The SMILES string of the molecule is Cc1ccc(S(=O)(=O)NCCCn2nc(C)c(Cl)c2C)c(C)c1. The van der Waals surface area contributed by atoms with Crippen molar-refractivity contribution in [2.45, 2.75) is 45.6 Å². The Morgan fingerprint density at radius 1 is 1.22 bits per heavy atom. The van der Waals surface area contributed by atoms with Crippen molar-refractivity contribution in [3.8, 4) is 0 Å². The highest BCUT2D eigenvalue weighted by Crippen LogP contribution is 2.19. The lowest BCUT2D eigenvalue weighted by atomic mass is 10.2. The maximum atomic E-state index is 12.3. The van der Waals surface area contributed by atoms with E-state index in [1.54, 1.807) is 19.1 Å². The van der Waals surface area contributed by atoms with Gasteiger partial charge in [0.2, 0.25) is 10.0 Å². The van der Waals surface area contributed by atoms with Crippen LogP contribution in [0, 0.1) is 27.7 Å². The van der Waals surface area contributed by atoms with Crippen LogP contribution < -0.4 is 4.72 Å². The number of sulfonamides is 1. The highest BCUT2D eigenvalue weighted by Gasteiger charge is 2.16. The summed E-state index contributed by atoms with van der Waals surface area (Å²) in [5, 5.41) is 5.00. The van der Waals surface area contributed by atoms with Crippen LogP contribution in [0.15, 0.2) is 23.1 Å². The standard InChI is InChI=1S/C16H22ClN3O2S/c1-11-6-7-15(12(2)10-11)23(21,22)18-8-5-9-20-14(4)16(17)13(3)19-20/h6-7,10,18H,5,8-9H2,1-4H3. The molecule has 0 amide bonds. The molecule has 0 aliphatic rings. The Balaban J connectivity index is 1.96. The van der Waals surface area contributed by atoms with Gasteiger partial charge in [-0.1, -0.05) is 29.3 Å². The van der Waals surface area contributed by atoms with Gasteiger partial charge >= 0.3 is 0 Å². The molecular weight excluding hydrogens is 334 g/mol. The molecule has 0 spiro atoms. The van der Waals surface area contributed by atoms with Gasteiger partial charge in [-0.15, -0.1) is 0 Å². The predicted molar refractivity (Wildman–Crippen MR) is 92.4 cm³/mol. The second kappa shape index (κ2) is 7.03. The summed E-state index contributed by atoms with van der Waals surface area (Å²) in [4.78, 5) is 0.331. The van der Waals surface area contributed by atoms with Gasteiger partial charge in [0.15, 0.2) is 0 Å². The number of rotatable bonds is 6. The Morgan fingerprint density at radius 3 is 2.48 bits per heavy atom. The van der Waals surface area contributed by atoms with Crippen LogP contribution in [0.1, 0.15) is 28.9 Å². The van der Waals surface area contributed by atoms with Crippen LogP contribution in [0.2, 0.25) is 5.02 Å². The lowest BCUT2D eigenvalue weighted by Gasteiger charge is -2.10. The fourth-order valence-electron chi connectivity index (χ4n) is 2.51.